The fourth-order valence-corrected chi connectivity index (χ4v) is 5.54. The van der Waals surface area contributed by atoms with Gasteiger partial charge in [0.05, 0.1) is 0 Å². The third-order valence-electron chi connectivity index (χ3n) is 8.99. The molecule has 3 heterocycles. The van der Waals surface area contributed by atoms with E-state index in [0.717, 1.165) is 50.8 Å². The summed E-state index contributed by atoms with van der Waals surface area (Å²) in [6, 6.07) is 43.8. The summed E-state index contributed by atoms with van der Waals surface area (Å²) < 4.78 is 0. The van der Waals surface area contributed by atoms with Crippen molar-refractivity contribution in [2.45, 2.75) is 20.8 Å². The van der Waals surface area contributed by atoms with Crippen molar-refractivity contribution in [1.82, 2.24) is 62.6 Å². The van der Waals surface area contributed by atoms with Crippen LogP contribution in [0.1, 0.15) is 47.8 Å². The van der Waals surface area contributed by atoms with Gasteiger partial charge in [0.2, 0.25) is 31.3 Å². The van der Waals surface area contributed by atoms with Crippen LogP contribution in [0.5, 0.6) is 0 Å². The van der Waals surface area contributed by atoms with Gasteiger partial charge in [0.15, 0.2) is 17.1 Å². The molecule has 0 fully saturated rings. The first-order valence-electron chi connectivity index (χ1n) is 19.1. The number of hydrogen-bond acceptors (Lipinski definition) is 12. The van der Waals surface area contributed by atoms with Crippen LogP contribution in [0.25, 0.3) is 17.1 Å². The highest BCUT2D eigenvalue weighted by atomic mass is 16.2. The first kappa shape index (κ1) is 41.9. The summed E-state index contributed by atoms with van der Waals surface area (Å²) in [6.45, 7) is 6.00. The smallest absolute Gasteiger partial charge is 0.255 e. The number of aromatic amines is 3. The lowest BCUT2D eigenvalue weighted by atomic mass is 10.2. The minimum atomic E-state index is -0.161. The minimum absolute atomic E-state index is 0.161. The van der Waals surface area contributed by atoms with Crippen LogP contribution in [0.3, 0.4) is 0 Å². The molecule has 0 spiro atoms. The summed E-state index contributed by atoms with van der Waals surface area (Å²) in [7, 11) is 0. The number of anilines is 3. The Morgan fingerprint density at radius 3 is 0.810 bits per heavy atom. The zero-order valence-corrected chi connectivity index (χ0v) is 33.9. The fraction of sp³-hybridized carbons (Fsp3) is 0.0714. The molecule has 6 N–H and O–H groups in total. The number of rotatable bonds is 9. The summed E-state index contributed by atoms with van der Waals surface area (Å²) in [5.41, 5.74) is 9.66. The van der Waals surface area contributed by atoms with E-state index in [2.05, 4.69) is 78.5 Å². The Bertz CT molecular complexity index is 2520. The van der Waals surface area contributed by atoms with E-state index in [0.29, 0.717) is 16.7 Å². The Kier molecular flexibility index (Phi) is 13.4. The van der Waals surface area contributed by atoms with Gasteiger partial charge in [-0.2, -0.15) is 0 Å². The molecule has 0 unspecified atom stereocenters. The number of carbonyl (C=O) groups excluding carboxylic acids is 3. The van der Waals surface area contributed by atoms with Crippen LogP contribution in [0, 0.1) is 20.8 Å². The van der Waals surface area contributed by atoms with Crippen LogP contribution in [-0.4, -0.2) is 80.3 Å². The predicted molar refractivity (Wildman–Crippen MR) is 225 cm³/mol. The van der Waals surface area contributed by atoms with Crippen LogP contribution in [0.2, 0.25) is 0 Å². The second-order valence-electron chi connectivity index (χ2n) is 13.7. The number of benzene rings is 6. The number of nitrogens with one attached hydrogen (secondary N) is 6. The molecule has 63 heavy (non-hydrogen) atoms. The van der Waals surface area contributed by atoms with Crippen LogP contribution in [-0.2, 0) is 0 Å². The zero-order valence-electron chi connectivity index (χ0n) is 33.9. The number of amides is 3. The first-order valence-corrected chi connectivity index (χ1v) is 19.1. The molecule has 3 amide bonds. The van der Waals surface area contributed by atoms with Crippen molar-refractivity contribution >= 4 is 34.8 Å². The van der Waals surface area contributed by atoms with Gasteiger partial charge < -0.3 is 16.0 Å². The SMILES string of the molecule is Cc1ccc(NC(=O)c2ccc(-[n+]3nnn[nH]3)cc2)cc1.Cc1ccc(NC(=O)c2ccc(-[n+]3nnn[nH]3)cc2)cc1.Cc1ccc(NC(=O)c2ccc(-[n+]3nnn[nH]3)cc2)cc1. The Labute approximate surface area is 358 Å². The second-order valence-corrected chi connectivity index (χ2v) is 13.7. The first-order chi connectivity index (χ1) is 30.7. The standard InChI is InChI=1S/3C14H12N6O/c3*1-10-2-6-12(7-3-10)15-14(21)11-4-8-13(9-5-11)20-18-16-17-19-20/h3*2-9H,1H3,(H,15,21)/p+3. The maximum Gasteiger partial charge on any atom is 0.255 e. The monoisotopic (exact) mass is 843 g/mol. The second kappa shape index (κ2) is 20.1. The lowest BCUT2D eigenvalue weighted by Crippen LogP contribution is -2.36. The minimum Gasteiger partial charge on any atom is -0.322 e. The van der Waals surface area contributed by atoms with Crippen molar-refractivity contribution in [2.24, 2.45) is 0 Å². The van der Waals surface area contributed by atoms with E-state index in [1.165, 1.54) is 14.4 Å². The van der Waals surface area contributed by atoms with E-state index in [9.17, 15) is 14.4 Å². The zero-order chi connectivity index (χ0) is 44.0. The number of H-pyrrole nitrogens is 3. The molecule has 9 aromatic rings. The quantitative estimate of drug-likeness (QED) is 0.115. The van der Waals surface area contributed by atoms with Gasteiger partial charge in [-0.3, -0.25) is 14.4 Å². The molecule has 9 rings (SSSR count). The molecule has 3 aromatic heterocycles. The van der Waals surface area contributed by atoms with Crippen LogP contribution in [0.4, 0.5) is 17.1 Å². The van der Waals surface area contributed by atoms with Crippen molar-refractivity contribution in [3.63, 3.8) is 0 Å². The van der Waals surface area contributed by atoms with Gasteiger partial charge in [0.25, 0.3) is 17.7 Å². The van der Waals surface area contributed by atoms with Crippen LogP contribution < -0.4 is 30.3 Å². The number of carbonyl (C=O) groups is 3. The Morgan fingerprint density at radius 2 is 0.603 bits per heavy atom. The van der Waals surface area contributed by atoms with E-state index >= 15 is 0 Å². The molecule has 0 aliphatic carbocycles. The Morgan fingerprint density at radius 1 is 0.365 bits per heavy atom. The highest BCUT2D eigenvalue weighted by Crippen LogP contribution is 2.14. The summed E-state index contributed by atoms with van der Waals surface area (Å²) in [4.78, 5) is 40.6. The fourth-order valence-electron chi connectivity index (χ4n) is 5.54. The molecule has 0 aliphatic heterocycles. The topological polar surface area (TPSA) is 262 Å². The molecule has 21 heteroatoms. The molecular weight excluding hydrogens is 805 g/mol. The molecule has 0 saturated heterocycles. The van der Waals surface area contributed by atoms with Crippen molar-refractivity contribution < 1.29 is 28.8 Å². The van der Waals surface area contributed by atoms with Crippen LogP contribution in [0.15, 0.2) is 146 Å². The maximum absolute atomic E-state index is 12.1. The highest BCUT2D eigenvalue weighted by molar-refractivity contribution is 6.05. The molecule has 312 valence electrons. The largest absolute Gasteiger partial charge is 0.322 e. The molecule has 0 radical (unpaired) electrons. The lowest BCUT2D eigenvalue weighted by molar-refractivity contribution is -0.719. The number of aryl methyl sites for hydroxylation is 3. The molecule has 21 nitrogen and oxygen atoms in total. The van der Waals surface area contributed by atoms with Gasteiger partial charge in [0, 0.05) is 33.8 Å². The molecular formula is C42H39N18O3+3. The summed E-state index contributed by atoms with van der Waals surface area (Å²) in [5.74, 6) is -0.483. The third kappa shape index (κ3) is 11.7. The van der Waals surface area contributed by atoms with E-state index in [1.54, 1.807) is 72.8 Å². The van der Waals surface area contributed by atoms with E-state index in [1.807, 2.05) is 93.6 Å². The summed E-state index contributed by atoms with van der Waals surface area (Å²) >= 11 is 0. The van der Waals surface area contributed by atoms with E-state index < -0.39 is 0 Å². The number of aromatic nitrogens is 15. The normalized spacial score (nSPS) is 10.3. The molecule has 0 atom stereocenters. The van der Waals surface area contributed by atoms with Gasteiger partial charge in [-0.25, -0.2) is 0 Å². The molecule has 0 aliphatic rings. The summed E-state index contributed by atoms with van der Waals surface area (Å²) in [5, 5.41) is 48.4. The van der Waals surface area contributed by atoms with Crippen molar-refractivity contribution in [3.05, 3.63) is 179 Å². The van der Waals surface area contributed by atoms with Crippen molar-refractivity contribution in [2.75, 3.05) is 16.0 Å². The average Bonchev–Trinajstić information content (AvgIpc) is 4.16. The number of nitrogens with zero attached hydrogens (tertiary/aromatic N) is 12. The van der Waals surface area contributed by atoms with Gasteiger partial charge in [-0.15, -0.1) is 0 Å². The third-order valence-corrected chi connectivity index (χ3v) is 8.99. The van der Waals surface area contributed by atoms with Gasteiger partial charge in [-0.05, 0) is 160 Å². The van der Waals surface area contributed by atoms with Crippen molar-refractivity contribution in [3.8, 4) is 17.1 Å². The summed E-state index contributed by atoms with van der Waals surface area (Å²) in [6.07, 6.45) is 0. The number of hydrogen-bond donors (Lipinski definition) is 6. The molecule has 6 aromatic carbocycles. The maximum atomic E-state index is 12.1. The molecule has 0 saturated carbocycles. The van der Waals surface area contributed by atoms with E-state index in [4.69, 9.17) is 0 Å². The Hall–Kier alpha value is -9.27. The highest BCUT2D eigenvalue weighted by Gasteiger charge is 2.12. The molecule has 0 bridgehead atoms. The lowest BCUT2D eigenvalue weighted by Gasteiger charge is -2.05. The van der Waals surface area contributed by atoms with Crippen LogP contribution >= 0.6 is 0 Å². The van der Waals surface area contributed by atoms with Gasteiger partial charge in [0.1, 0.15) is 15.6 Å². The Balaban J connectivity index is 0.000000142. The van der Waals surface area contributed by atoms with E-state index in [-0.39, 0.29) is 17.7 Å². The average molecular weight is 844 g/mol. The van der Waals surface area contributed by atoms with Crippen molar-refractivity contribution in [1.29, 1.82) is 0 Å². The van der Waals surface area contributed by atoms with Gasteiger partial charge >= 0.3 is 0 Å². The predicted octanol–water partition coefficient (Wildman–Crippen LogP) is 3.11. The van der Waals surface area contributed by atoms with Gasteiger partial charge in [-0.1, -0.05) is 53.1 Å².